The summed E-state index contributed by atoms with van der Waals surface area (Å²) in [5, 5.41) is 14.5. The van der Waals surface area contributed by atoms with Crippen molar-refractivity contribution in [2.45, 2.75) is 12.8 Å². The van der Waals surface area contributed by atoms with Crippen LogP contribution >= 0.6 is 0 Å². The van der Waals surface area contributed by atoms with Crippen LogP contribution in [0.2, 0.25) is 0 Å². The molecule has 28 heavy (non-hydrogen) atoms. The fraction of sp³-hybridized carbons (Fsp3) is 0.286. The van der Waals surface area contributed by atoms with Gasteiger partial charge in [0.15, 0.2) is 5.82 Å². The lowest BCUT2D eigenvalue weighted by molar-refractivity contribution is 0.414. The van der Waals surface area contributed by atoms with Crippen molar-refractivity contribution in [2.24, 2.45) is 0 Å². The Morgan fingerprint density at radius 1 is 0.821 bits per heavy atom. The molecule has 0 saturated heterocycles. The van der Waals surface area contributed by atoms with Crippen LogP contribution in [0.1, 0.15) is 11.1 Å². The fourth-order valence-corrected chi connectivity index (χ4v) is 2.74. The normalized spacial score (nSPS) is 10.4. The summed E-state index contributed by atoms with van der Waals surface area (Å²) in [5.74, 6) is 2.93. The van der Waals surface area contributed by atoms with Crippen LogP contribution < -0.4 is 20.1 Å². The van der Waals surface area contributed by atoms with Crippen molar-refractivity contribution < 1.29 is 9.47 Å². The third kappa shape index (κ3) is 5.84. The molecule has 0 radical (unpaired) electrons. The van der Waals surface area contributed by atoms with E-state index in [-0.39, 0.29) is 0 Å². The van der Waals surface area contributed by atoms with Crippen LogP contribution in [0, 0.1) is 0 Å². The Bertz CT molecular complexity index is 871. The van der Waals surface area contributed by atoms with Crippen molar-refractivity contribution in [2.75, 3.05) is 37.9 Å². The molecule has 0 atom stereocenters. The maximum absolute atomic E-state index is 5.25. The van der Waals surface area contributed by atoms with Gasteiger partial charge >= 0.3 is 0 Å². The van der Waals surface area contributed by atoms with E-state index >= 15 is 0 Å². The number of rotatable bonds is 10. The van der Waals surface area contributed by atoms with Gasteiger partial charge in [-0.25, -0.2) is 0 Å². The molecule has 3 rings (SSSR count). The minimum atomic E-state index is 0.511. The number of hydrogen-bond donors (Lipinski definition) is 2. The molecule has 0 spiro atoms. The molecule has 0 fully saturated rings. The molecule has 7 nitrogen and oxygen atoms in total. The first kappa shape index (κ1) is 19.4. The van der Waals surface area contributed by atoms with E-state index in [1.807, 2.05) is 30.3 Å². The molecule has 7 heteroatoms. The number of anilines is 2. The summed E-state index contributed by atoms with van der Waals surface area (Å²) in [6.07, 6.45) is 3.35. The van der Waals surface area contributed by atoms with Gasteiger partial charge in [0.05, 0.1) is 20.4 Å². The first-order chi connectivity index (χ1) is 13.8. The average molecular weight is 379 g/mol. The van der Waals surface area contributed by atoms with Gasteiger partial charge in [0.25, 0.3) is 0 Å². The topological polar surface area (TPSA) is 81.2 Å². The average Bonchev–Trinajstić information content (AvgIpc) is 2.75. The molecule has 146 valence electrons. The predicted octanol–water partition coefficient (Wildman–Crippen LogP) is 3.20. The number of benzene rings is 2. The zero-order valence-corrected chi connectivity index (χ0v) is 16.2. The highest BCUT2D eigenvalue weighted by Gasteiger charge is 2.02. The van der Waals surface area contributed by atoms with Gasteiger partial charge in [0, 0.05) is 13.1 Å². The predicted molar refractivity (Wildman–Crippen MR) is 110 cm³/mol. The van der Waals surface area contributed by atoms with Crippen LogP contribution in [0.4, 0.5) is 11.8 Å². The Kier molecular flexibility index (Phi) is 7.01. The van der Waals surface area contributed by atoms with Gasteiger partial charge < -0.3 is 20.1 Å². The summed E-state index contributed by atoms with van der Waals surface area (Å²) < 4.78 is 10.4. The molecule has 2 N–H and O–H groups in total. The highest BCUT2D eigenvalue weighted by Crippen LogP contribution is 2.14. The number of aromatic nitrogens is 3. The number of hydrogen-bond acceptors (Lipinski definition) is 7. The van der Waals surface area contributed by atoms with E-state index in [0.29, 0.717) is 18.3 Å². The lowest BCUT2D eigenvalue weighted by Gasteiger charge is -2.09. The van der Waals surface area contributed by atoms with Crippen LogP contribution in [0.25, 0.3) is 0 Å². The molecule has 2 aromatic carbocycles. The van der Waals surface area contributed by atoms with E-state index < -0.39 is 0 Å². The summed E-state index contributed by atoms with van der Waals surface area (Å²) in [5.41, 5.74) is 2.42. The molecule has 0 aliphatic rings. The first-order valence-electron chi connectivity index (χ1n) is 9.20. The van der Waals surface area contributed by atoms with E-state index in [4.69, 9.17) is 9.47 Å². The summed E-state index contributed by atoms with van der Waals surface area (Å²) in [6.45, 7) is 1.47. The third-order valence-corrected chi connectivity index (χ3v) is 4.27. The van der Waals surface area contributed by atoms with E-state index in [1.54, 1.807) is 20.4 Å². The highest BCUT2D eigenvalue weighted by molar-refractivity contribution is 5.38. The Morgan fingerprint density at radius 2 is 1.57 bits per heavy atom. The summed E-state index contributed by atoms with van der Waals surface area (Å²) in [4.78, 5) is 4.46. The summed E-state index contributed by atoms with van der Waals surface area (Å²) in [6, 6.07) is 16.1. The molecule has 0 aliphatic carbocycles. The SMILES string of the molecule is COc1ccc(CCNc2cnnc(NCCc3cccc(OC)c3)n2)cc1. The number of methoxy groups -OCH3 is 2. The second-order valence-corrected chi connectivity index (χ2v) is 6.22. The molecule has 3 aromatic rings. The standard InChI is InChI=1S/C21H25N5O2/c1-27-18-8-6-16(7-9-18)10-12-22-20-15-24-26-21(25-20)23-13-11-17-4-3-5-19(14-17)28-2/h3-9,14-15H,10-13H2,1-2H3,(H2,22,23,25,26). The monoisotopic (exact) mass is 379 g/mol. The van der Waals surface area contributed by atoms with Gasteiger partial charge in [-0.05, 0) is 48.2 Å². The Labute approximate surface area is 165 Å². The van der Waals surface area contributed by atoms with E-state index in [9.17, 15) is 0 Å². The number of nitrogens with one attached hydrogen (secondary N) is 2. The van der Waals surface area contributed by atoms with Crippen molar-refractivity contribution in [3.8, 4) is 11.5 Å². The molecular formula is C21H25N5O2. The van der Waals surface area contributed by atoms with Gasteiger partial charge in [-0.3, -0.25) is 0 Å². The third-order valence-electron chi connectivity index (χ3n) is 4.27. The first-order valence-corrected chi connectivity index (χ1v) is 9.20. The maximum atomic E-state index is 5.25. The number of ether oxygens (including phenoxy) is 2. The van der Waals surface area contributed by atoms with Gasteiger partial charge in [-0.1, -0.05) is 24.3 Å². The minimum Gasteiger partial charge on any atom is -0.497 e. The highest BCUT2D eigenvalue weighted by atomic mass is 16.5. The molecule has 1 heterocycles. The quantitative estimate of drug-likeness (QED) is 0.560. The lowest BCUT2D eigenvalue weighted by atomic mass is 10.1. The van der Waals surface area contributed by atoms with E-state index in [1.165, 1.54) is 11.1 Å². The van der Waals surface area contributed by atoms with Crippen LogP contribution in [0.15, 0.2) is 54.7 Å². The lowest BCUT2D eigenvalue weighted by Crippen LogP contribution is -2.12. The van der Waals surface area contributed by atoms with E-state index in [2.05, 4.69) is 44.0 Å². The molecule has 0 amide bonds. The summed E-state index contributed by atoms with van der Waals surface area (Å²) in [7, 11) is 3.34. The second-order valence-electron chi connectivity index (χ2n) is 6.22. The van der Waals surface area contributed by atoms with Gasteiger partial charge in [-0.2, -0.15) is 10.1 Å². The smallest absolute Gasteiger partial charge is 0.244 e. The van der Waals surface area contributed by atoms with Gasteiger partial charge in [-0.15, -0.1) is 5.10 Å². The van der Waals surface area contributed by atoms with E-state index in [0.717, 1.165) is 30.9 Å². The molecular weight excluding hydrogens is 354 g/mol. The summed E-state index contributed by atoms with van der Waals surface area (Å²) >= 11 is 0. The maximum Gasteiger partial charge on any atom is 0.244 e. The van der Waals surface area contributed by atoms with Crippen molar-refractivity contribution >= 4 is 11.8 Å². The van der Waals surface area contributed by atoms with Gasteiger partial charge in [0.2, 0.25) is 5.95 Å². The minimum absolute atomic E-state index is 0.511. The van der Waals surface area contributed by atoms with Crippen molar-refractivity contribution in [1.29, 1.82) is 0 Å². The van der Waals surface area contributed by atoms with Crippen LogP contribution in [-0.2, 0) is 12.8 Å². The number of nitrogens with zero attached hydrogens (tertiary/aromatic N) is 3. The Hall–Kier alpha value is -3.35. The van der Waals surface area contributed by atoms with Crippen LogP contribution in [0.3, 0.4) is 0 Å². The Morgan fingerprint density at radius 3 is 2.36 bits per heavy atom. The zero-order valence-electron chi connectivity index (χ0n) is 16.2. The molecule has 0 unspecified atom stereocenters. The van der Waals surface area contributed by atoms with Crippen LogP contribution in [0.5, 0.6) is 11.5 Å². The van der Waals surface area contributed by atoms with Crippen molar-refractivity contribution in [3.05, 3.63) is 65.9 Å². The molecule has 1 aromatic heterocycles. The van der Waals surface area contributed by atoms with Gasteiger partial charge in [0.1, 0.15) is 11.5 Å². The Balaban J connectivity index is 1.45. The van der Waals surface area contributed by atoms with Crippen molar-refractivity contribution in [1.82, 2.24) is 15.2 Å². The van der Waals surface area contributed by atoms with Crippen LogP contribution in [-0.4, -0.2) is 42.5 Å². The molecule has 0 bridgehead atoms. The zero-order chi connectivity index (χ0) is 19.6. The largest absolute Gasteiger partial charge is 0.497 e. The molecule has 0 aliphatic heterocycles. The van der Waals surface area contributed by atoms with Crippen molar-refractivity contribution in [3.63, 3.8) is 0 Å². The second kappa shape index (κ2) is 10.1. The fourth-order valence-electron chi connectivity index (χ4n) is 2.74. The molecule has 0 saturated carbocycles.